The van der Waals surface area contributed by atoms with E-state index in [1.807, 2.05) is 0 Å². The summed E-state index contributed by atoms with van der Waals surface area (Å²) in [6.07, 6.45) is 0. The fourth-order valence-electron chi connectivity index (χ4n) is 4.21. The van der Waals surface area contributed by atoms with Crippen molar-refractivity contribution < 1.29 is 48.6 Å². The van der Waals surface area contributed by atoms with Crippen LogP contribution >= 0.6 is 0 Å². The normalized spacial score (nSPS) is 20.2. The van der Waals surface area contributed by atoms with Gasteiger partial charge in [0.2, 0.25) is 0 Å². The topological polar surface area (TPSA) is 76.1 Å². The Hall–Kier alpha value is -1.46. The molecule has 0 aromatic heterocycles. The summed E-state index contributed by atoms with van der Waals surface area (Å²) in [6, 6.07) is 6.83. The summed E-state index contributed by atoms with van der Waals surface area (Å²) in [5, 5.41) is 14.2. The average molecular weight is 505 g/mol. The summed E-state index contributed by atoms with van der Waals surface area (Å²) < 4.78 is 1.33. The zero-order valence-electron chi connectivity index (χ0n) is 20.1. The maximum Gasteiger partial charge on any atom is 0.305 e. The number of hydrogen-bond donors (Lipinski definition) is 2. The van der Waals surface area contributed by atoms with E-state index < -0.39 is 0 Å². The van der Waals surface area contributed by atoms with E-state index in [0.717, 1.165) is 52.4 Å². The summed E-state index contributed by atoms with van der Waals surface area (Å²) in [4.78, 5) is 29.9. The highest BCUT2D eigenvalue weighted by atomic mass is 35.5. The number of rotatable bonds is 6. The van der Waals surface area contributed by atoms with Crippen LogP contribution in [0.2, 0.25) is 0 Å². The predicted octanol–water partition coefficient (Wildman–Crippen LogP) is -5.86. The SMILES string of the molecule is CN1CC[N+](C)(CC(=O)Nc2cccc(N(O)C(=O)C[N+]3(C)CCN(C)CC3)c2)CC1.[Cl-].[Cl-]. The summed E-state index contributed by atoms with van der Waals surface area (Å²) >= 11 is 0. The van der Waals surface area contributed by atoms with Gasteiger partial charge in [-0.15, -0.1) is 0 Å². The van der Waals surface area contributed by atoms with Crippen molar-refractivity contribution in [2.45, 2.75) is 0 Å². The van der Waals surface area contributed by atoms with Gasteiger partial charge >= 0.3 is 5.91 Å². The Kier molecular flexibility index (Phi) is 11.0. The van der Waals surface area contributed by atoms with Gasteiger partial charge in [-0.05, 0) is 32.3 Å². The van der Waals surface area contributed by atoms with Crippen molar-refractivity contribution in [2.75, 3.05) is 104 Å². The van der Waals surface area contributed by atoms with E-state index in [1.165, 1.54) is 0 Å². The number of hydroxylamine groups is 1. The molecule has 11 heteroatoms. The van der Waals surface area contributed by atoms with Gasteiger partial charge < -0.3 is 39.1 Å². The fraction of sp³-hybridized carbons (Fsp3) is 0.636. The molecule has 2 heterocycles. The molecule has 0 spiro atoms. The van der Waals surface area contributed by atoms with E-state index in [2.05, 4.69) is 43.3 Å². The van der Waals surface area contributed by atoms with Crippen molar-refractivity contribution in [3.63, 3.8) is 0 Å². The molecule has 0 bridgehead atoms. The Bertz CT molecular complexity index is 796. The zero-order chi connectivity index (χ0) is 22.6. The molecule has 0 atom stereocenters. The van der Waals surface area contributed by atoms with Crippen LogP contribution in [-0.2, 0) is 9.59 Å². The number of carbonyl (C=O) groups is 2. The average Bonchev–Trinajstić information content (AvgIpc) is 2.72. The Morgan fingerprint density at radius 1 is 0.939 bits per heavy atom. The Labute approximate surface area is 209 Å². The minimum atomic E-state index is -0.342. The molecule has 0 unspecified atom stereocenters. The van der Waals surface area contributed by atoms with Crippen molar-refractivity contribution in [3.8, 4) is 0 Å². The molecular formula is C22H38Cl2N6O3. The monoisotopic (exact) mass is 504 g/mol. The minimum absolute atomic E-state index is 0. The molecule has 2 N–H and O–H groups in total. The molecule has 0 saturated carbocycles. The van der Waals surface area contributed by atoms with Gasteiger partial charge in [0.25, 0.3) is 5.91 Å². The Morgan fingerprint density at radius 3 is 1.94 bits per heavy atom. The second-order valence-electron chi connectivity index (χ2n) is 9.86. The van der Waals surface area contributed by atoms with Gasteiger partial charge in [0.05, 0.1) is 46.0 Å². The van der Waals surface area contributed by atoms with Crippen molar-refractivity contribution >= 4 is 23.2 Å². The second-order valence-corrected chi connectivity index (χ2v) is 9.86. The van der Waals surface area contributed by atoms with E-state index in [-0.39, 0.29) is 43.2 Å². The zero-order valence-corrected chi connectivity index (χ0v) is 21.6. The van der Waals surface area contributed by atoms with Crippen LogP contribution in [0, 0.1) is 0 Å². The molecule has 0 radical (unpaired) electrons. The van der Waals surface area contributed by atoms with E-state index in [0.29, 0.717) is 31.9 Å². The molecular weight excluding hydrogens is 467 g/mol. The van der Waals surface area contributed by atoms with Crippen molar-refractivity contribution in [2.24, 2.45) is 0 Å². The Balaban J connectivity index is 0.00000272. The number of nitrogens with one attached hydrogen (secondary N) is 1. The number of hydrogen-bond acceptors (Lipinski definition) is 5. The molecule has 1 aromatic rings. The van der Waals surface area contributed by atoms with Crippen LogP contribution in [0.4, 0.5) is 11.4 Å². The first-order valence-electron chi connectivity index (χ1n) is 11.0. The molecule has 2 aliphatic rings. The lowest BCUT2D eigenvalue weighted by Gasteiger charge is -2.40. The number of carbonyl (C=O) groups excluding carboxylic acids is 2. The third-order valence-electron chi connectivity index (χ3n) is 6.74. The van der Waals surface area contributed by atoms with Gasteiger partial charge in [0.15, 0.2) is 13.1 Å². The standard InChI is InChI=1S/C22H37N6O3.2ClH/c1-24-8-12-27(3,13-9-24)17-21(29)23-19-6-5-7-20(16-19)26(31)22(30)18-28(4)14-10-25(2)11-15-28;;/h5-7,16,31H,8-15,17-18H2,1-4H3;2*1H/q+1;;/p-1. The van der Waals surface area contributed by atoms with Crippen LogP contribution in [0.5, 0.6) is 0 Å². The van der Waals surface area contributed by atoms with Crippen LogP contribution in [-0.4, -0.2) is 129 Å². The van der Waals surface area contributed by atoms with E-state index in [1.54, 1.807) is 24.3 Å². The minimum Gasteiger partial charge on any atom is -1.00 e. The summed E-state index contributed by atoms with van der Waals surface area (Å²) in [5.74, 6) is -0.401. The van der Waals surface area contributed by atoms with Gasteiger partial charge in [-0.25, -0.2) is 0 Å². The quantitative estimate of drug-likeness (QED) is 0.229. The van der Waals surface area contributed by atoms with Gasteiger partial charge in [-0.1, -0.05) is 6.07 Å². The maximum atomic E-state index is 12.7. The third-order valence-corrected chi connectivity index (χ3v) is 6.74. The Morgan fingerprint density at radius 2 is 1.42 bits per heavy atom. The number of anilines is 2. The first kappa shape index (κ1) is 29.6. The van der Waals surface area contributed by atoms with E-state index in [9.17, 15) is 14.8 Å². The van der Waals surface area contributed by atoms with Gasteiger partial charge in [0, 0.05) is 31.9 Å². The van der Waals surface area contributed by atoms with Crippen molar-refractivity contribution in [3.05, 3.63) is 24.3 Å². The maximum absolute atomic E-state index is 12.7. The molecule has 2 fully saturated rings. The van der Waals surface area contributed by atoms with Crippen LogP contribution in [0.1, 0.15) is 0 Å². The van der Waals surface area contributed by atoms with Crippen LogP contribution in [0.25, 0.3) is 0 Å². The highest BCUT2D eigenvalue weighted by Gasteiger charge is 2.32. The number of amides is 2. The van der Waals surface area contributed by atoms with Crippen LogP contribution < -0.4 is 35.2 Å². The van der Waals surface area contributed by atoms with E-state index >= 15 is 0 Å². The molecule has 1 aromatic carbocycles. The molecule has 0 aliphatic carbocycles. The first-order valence-corrected chi connectivity index (χ1v) is 11.0. The van der Waals surface area contributed by atoms with Gasteiger partial charge in [0.1, 0.15) is 0 Å². The fourth-order valence-corrected chi connectivity index (χ4v) is 4.21. The highest BCUT2D eigenvalue weighted by Crippen LogP contribution is 2.20. The van der Waals surface area contributed by atoms with Crippen molar-refractivity contribution in [1.29, 1.82) is 0 Å². The molecule has 33 heavy (non-hydrogen) atoms. The molecule has 2 saturated heterocycles. The second kappa shape index (κ2) is 12.3. The number of piperazine rings is 2. The molecule has 3 rings (SSSR count). The summed E-state index contributed by atoms with van der Waals surface area (Å²) in [7, 11) is 8.34. The summed E-state index contributed by atoms with van der Waals surface area (Å²) in [6.45, 7) is 8.11. The summed E-state index contributed by atoms with van der Waals surface area (Å²) in [5.41, 5.74) is 0.943. The largest absolute Gasteiger partial charge is 1.00 e. The first-order chi connectivity index (χ1) is 14.6. The number of quaternary nitrogens is 2. The number of halogens is 2. The smallest absolute Gasteiger partial charge is 0.305 e. The lowest BCUT2D eigenvalue weighted by atomic mass is 10.2. The molecule has 2 amide bonds. The molecule has 2 aliphatic heterocycles. The van der Waals surface area contributed by atoms with Gasteiger partial charge in [-0.3, -0.25) is 24.6 Å². The van der Waals surface area contributed by atoms with Crippen molar-refractivity contribution in [1.82, 2.24) is 9.80 Å². The number of benzene rings is 1. The number of nitrogens with zero attached hydrogens (tertiary/aromatic N) is 5. The highest BCUT2D eigenvalue weighted by molar-refractivity contribution is 5.95. The lowest BCUT2D eigenvalue weighted by Crippen LogP contribution is -3.00. The molecule has 188 valence electrons. The predicted molar refractivity (Wildman–Crippen MR) is 121 cm³/mol. The van der Waals surface area contributed by atoms with Crippen LogP contribution in [0.15, 0.2) is 24.3 Å². The third kappa shape index (κ3) is 8.36. The van der Waals surface area contributed by atoms with E-state index in [4.69, 9.17) is 0 Å². The van der Waals surface area contributed by atoms with Crippen LogP contribution in [0.3, 0.4) is 0 Å². The number of likely N-dealkylation sites (N-methyl/N-ethyl adjacent to an activating group) is 4. The van der Waals surface area contributed by atoms with Gasteiger partial charge in [-0.2, -0.15) is 5.06 Å². The lowest BCUT2D eigenvalue weighted by molar-refractivity contribution is -0.906. The molecule has 9 nitrogen and oxygen atoms in total.